The molecule has 5 heteroatoms. The Morgan fingerprint density at radius 1 is 1.37 bits per heavy atom. The predicted octanol–water partition coefficient (Wildman–Crippen LogP) is 2.47. The average molecular weight is 330 g/mol. The molecule has 2 rings (SSSR count). The quantitative estimate of drug-likeness (QED) is 0.815. The van der Waals surface area contributed by atoms with Crippen LogP contribution < -0.4 is 14.8 Å². The summed E-state index contributed by atoms with van der Waals surface area (Å²) in [6.45, 7) is 4.73. The summed E-state index contributed by atoms with van der Waals surface area (Å²) in [4.78, 5) is 0. The number of hydrogen-bond acceptors (Lipinski definition) is 4. The molecule has 4 nitrogen and oxygen atoms in total. The first-order valence-corrected chi connectivity index (χ1v) is 7.43. The van der Waals surface area contributed by atoms with Gasteiger partial charge in [-0.2, -0.15) is 0 Å². The van der Waals surface area contributed by atoms with Crippen LogP contribution in [0.4, 0.5) is 0 Å². The highest BCUT2D eigenvalue weighted by Gasteiger charge is 2.15. The Morgan fingerprint density at radius 3 is 2.95 bits per heavy atom. The third-order valence-corrected chi connectivity index (χ3v) is 3.52. The van der Waals surface area contributed by atoms with Crippen molar-refractivity contribution in [2.75, 3.05) is 19.8 Å². The molecule has 1 atom stereocenters. The number of hydrogen-bond donors (Lipinski definition) is 2. The molecule has 1 heterocycles. The molecule has 0 aliphatic carbocycles. The lowest BCUT2D eigenvalue weighted by Gasteiger charge is -2.12. The number of ether oxygens (including phenoxy) is 2. The molecule has 1 aromatic carbocycles. The molecule has 106 valence electrons. The van der Waals surface area contributed by atoms with Gasteiger partial charge in [-0.3, -0.25) is 0 Å². The van der Waals surface area contributed by atoms with Crippen molar-refractivity contribution >= 4 is 15.9 Å². The highest BCUT2D eigenvalue weighted by atomic mass is 79.9. The van der Waals surface area contributed by atoms with Gasteiger partial charge in [0.15, 0.2) is 11.5 Å². The molecule has 0 radical (unpaired) electrons. The molecule has 1 aliphatic heterocycles. The van der Waals surface area contributed by atoms with Crippen LogP contribution in [0.25, 0.3) is 0 Å². The maximum atomic E-state index is 9.20. The topological polar surface area (TPSA) is 50.7 Å². The third-order valence-electron chi connectivity index (χ3n) is 2.93. The Bertz CT molecular complexity index is 423. The molecule has 0 saturated heterocycles. The van der Waals surface area contributed by atoms with Crippen LogP contribution in [0.2, 0.25) is 0 Å². The summed E-state index contributed by atoms with van der Waals surface area (Å²) < 4.78 is 12.3. The zero-order valence-corrected chi connectivity index (χ0v) is 12.7. The van der Waals surface area contributed by atoms with Crippen molar-refractivity contribution in [2.24, 2.45) is 0 Å². The van der Waals surface area contributed by atoms with E-state index in [4.69, 9.17) is 9.47 Å². The normalized spacial score (nSPS) is 15.9. The van der Waals surface area contributed by atoms with E-state index in [9.17, 15) is 5.11 Å². The fraction of sp³-hybridized carbons (Fsp3) is 0.571. The van der Waals surface area contributed by atoms with E-state index in [1.165, 1.54) is 0 Å². The molecular formula is C14H20BrNO3. The second-order valence-electron chi connectivity index (χ2n) is 4.77. The van der Waals surface area contributed by atoms with Crippen LogP contribution in [-0.4, -0.2) is 31.0 Å². The fourth-order valence-electron chi connectivity index (χ4n) is 1.93. The maximum Gasteiger partial charge on any atom is 0.175 e. The SMILES string of the molecule is CC(O)CCNCc1cc(Br)c2c(c1)OCCCO2. The molecular weight excluding hydrogens is 310 g/mol. The summed E-state index contributed by atoms with van der Waals surface area (Å²) in [6, 6.07) is 4.06. The second kappa shape index (κ2) is 7.12. The number of rotatable bonds is 5. The minimum absolute atomic E-state index is 0.261. The average Bonchev–Trinajstić information content (AvgIpc) is 2.60. The van der Waals surface area contributed by atoms with Gasteiger partial charge in [0.05, 0.1) is 23.8 Å². The molecule has 2 N–H and O–H groups in total. The number of aliphatic hydroxyl groups excluding tert-OH is 1. The molecule has 1 unspecified atom stereocenters. The van der Waals surface area contributed by atoms with Crippen LogP contribution in [0, 0.1) is 0 Å². The highest BCUT2D eigenvalue weighted by Crippen LogP contribution is 2.38. The molecule has 19 heavy (non-hydrogen) atoms. The van der Waals surface area contributed by atoms with Crippen LogP contribution in [0.15, 0.2) is 16.6 Å². The molecule has 1 aliphatic rings. The fourth-order valence-corrected chi connectivity index (χ4v) is 2.53. The van der Waals surface area contributed by atoms with E-state index in [2.05, 4.69) is 21.2 Å². The van der Waals surface area contributed by atoms with Crippen molar-refractivity contribution in [1.82, 2.24) is 5.32 Å². The number of benzene rings is 1. The first-order chi connectivity index (χ1) is 9.16. The number of nitrogens with one attached hydrogen (secondary N) is 1. The number of halogens is 1. The second-order valence-corrected chi connectivity index (χ2v) is 5.62. The molecule has 0 bridgehead atoms. The largest absolute Gasteiger partial charge is 0.490 e. The summed E-state index contributed by atoms with van der Waals surface area (Å²) in [5.74, 6) is 1.60. The van der Waals surface area contributed by atoms with Crippen molar-refractivity contribution in [3.63, 3.8) is 0 Å². The Morgan fingerprint density at radius 2 is 2.16 bits per heavy atom. The van der Waals surface area contributed by atoms with E-state index in [0.717, 1.165) is 47.5 Å². The Kier molecular flexibility index (Phi) is 5.48. The molecule has 0 fully saturated rings. The molecule has 1 aromatic rings. The van der Waals surface area contributed by atoms with Gasteiger partial charge in [-0.15, -0.1) is 0 Å². The summed E-state index contributed by atoms with van der Waals surface area (Å²) >= 11 is 3.53. The lowest BCUT2D eigenvalue weighted by atomic mass is 10.2. The van der Waals surface area contributed by atoms with E-state index in [1.54, 1.807) is 6.92 Å². The van der Waals surface area contributed by atoms with Crippen molar-refractivity contribution in [2.45, 2.75) is 32.4 Å². The number of fused-ring (bicyclic) bond motifs is 1. The molecule has 0 amide bonds. The first kappa shape index (κ1) is 14.6. The summed E-state index contributed by atoms with van der Waals surface area (Å²) in [5, 5.41) is 12.5. The maximum absolute atomic E-state index is 9.20. The van der Waals surface area contributed by atoms with Crippen LogP contribution >= 0.6 is 15.9 Å². The van der Waals surface area contributed by atoms with Gasteiger partial charge in [-0.25, -0.2) is 0 Å². The zero-order valence-electron chi connectivity index (χ0n) is 11.1. The van der Waals surface area contributed by atoms with Crippen molar-refractivity contribution in [1.29, 1.82) is 0 Å². The van der Waals surface area contributed by atoms with Crippen LogP contribution in [0.1, 0.15) is 25.3 Å². The lowest BCUT2D eigenvalue weighted by molar-refractivity contribution is 0.183. The van der Waals surface area contributed by atoms with E-state index in [0.29, 0.717) is 13.2 Å². The van der Waals surface area contributed by atoms with E-state index in [1.807, 2.05) is 12.1 Å². The summed E-state index contributed by atoms with van der Waals surface area (Å²) in [7, 11) is 0. The van der Waals surface area contributed by atoms with E-state index in [-0.39, 0.29) is 6.10 Å². The van der Waals surface area contributed by atoms with Gasteiger partial charge < -0.3 is 19.9 Å². The van der Waals surface area contributed by atoms with Gasteiger partial charge >= 0.3 is 0 Å². The van der Waals surface area contributed by atoms with Gasteiger partial charge in [0.2, 0.25) is 0 Å². The standard InChI is InChI=1S/C14H20BrNO3/c1-10(17)3-4-16-9-11-7-12(15)14-13(8-11)18-5-2-6-19-14/h7-8,10,16-17H,2-6,9H2,1H3. The predicted molar refractivity (Wildman–Crippen MR) is 77.8 cm³/mol. The minimum Gasteiger partial charge on any atom is -0.490 e. The van der Waals surface area contributed by atoms with Gasteiger partial charge in [-0.05, 0) is 53.5 Å². The molecule has 0 spiro atoms. The van der Waals surface area contributed by atoms with Gasteiger partial charge in [0.25, 0.3) is 0 Å². The summed E-state index contributed by atoms with van der Waals surface area (Å²) in [5.41, 5.74) is 1.14. The Balaban J connectivity index is 1.98. The van der Waals surface area contributed by atoms with Crippen LogP contribution in [0.5, 0.6) is 11.5 Å². The smallest absolute Gasteiger partial charge is 0.175 e. The Hall–Kier alpha value is -0.780. The summed E-state index contributed by atoms with van der Waals surface area (Å²) in [6.07, 6.45) is 1.40. The van der Waals surface area contributed by atoms with Crippen molar-refractivity contribution < 1.29 is 14.6 Å². The minimum atomic E-state index is -0.261. The highest BCUT2D eigenvalue weighted by molar-refractivity contribution is 9.10. The zero-order chi connectivity index (χ0) is 13.7. The van der Waals surface area contributed by atoms with Crippen LogP contribution in [0.3, 0.4) is 0 Å². The van der Waals surface area contributed by atoms with E-state index < -0.39 is 0 Å². The Labute approximate surface area is 122 Å². The van der Waals surface area contributed by atoms with Gasteiger partial charge in [-0.1, -0.05) is 0 Å². The lowest BCUT2D eigenvalue weighted by Crippen LogP contribution is -2.18. The van der Waals surface area contributed by atoms with E-state index >= 15 is 0 Å². The van der Waals surface area contributed by atoms with Gasteiger partial charge in [0.1, 0.15) is 0 Å². The molecule has 0 saturated carbocycles. The van der Waals surface area contributed by atoms with Crippen LogP contribution in [-0.2, 0) is 6.54 Å². The van der Waals surface area contributed by atoms with Gasteiger partial charge in [0, 0.05) is 13.0 Å². The monoisotopic (exact) mass is 329 g/mol. The molecule has 0 aromatic heterocycles. The van der Waals surface area contributed by atoms with Crippen molar-refractivity contribution in [3.8, 4) is 11.5 Å². The van der Waals surface area contributed by atoms with Crippen molar-refractivity contribution in [3.05, 3.63) is 22.2 Å². The first-order valence-electron chi connectivity index (χ1n) is 6.63. The number of aliphatic hydroxyl groups is 1. The third kappa shape index (κ3) is 4.37.